The van der Waals surface area contributed by atoms with Crippen LogP contribution in [0.1, 0.15) is 51.1 Å². The second kappa shape index (κ2) is 9.30. The number of aliphatic imine (C=N–C) groups is 1. The molecule has 0 aromatic heterocycles. The third kappa shape index (κ3) is 5.25. The van der Waals surface area contributed by atoms with E-state index >= 15 is 0 Å². The molecule has 5 nitrogen and oxygen atoms in total. The largest absolute Gasteiger partial charge is 0.356 e. The van der Waals surface area contributed by atoms with Gasteiger partial charge in [-0.1, -0.05) is 30.3 Å². The molecule has 0 saturated carbocycles. The van der Waals surface area contributed by atoms with Crippen LogP contribution in [0.15, 0.2) is 35.3 Å². The van der Waals surface area contributed by atoms with Gasteiger partial charge in [0.1, 0.15) is 0 Å². The van der Waals surface area contributed by atoms with Crippen molar-refractivity contribution in [1.29, 1.82) is 0 Å². The molecular weight excluding hydrogens is 300 g/mol. The molecule has 0 aliphatic carbocycles. The molecule has 132 valence electrons. The molecule has 1 aliphatic rings. The highest BCUT2D eigenvalue weighted by atomic mass is 16.2. The Bertz CT molecular complexity index is 544. The maximum atomic E-state index is 12.3. The van der Waals surface area contributed by atoms with Crippen LogP contribution in [-0.2, 0) is 4.79 Å². The summed E-state index contributed by atoms with van der Waals surface area (Å²) in [5.74, 6) is 0.965. The van der Waals surface area contributed by atoms with E-state index in [2.05, 4.69) is 41.6 Å². The summed E-state index contributed by atoms with van der Waals surface area (Å²) in [6, 6.07) is 10.8. The lowest BCUT2D eigenvalue weighted by molar-refractivity contribution is -0.134. The molecule has 2 atom stereocenters. The summed E-state index contributed by atoms with van der Waals surface area (Å²) in [7, 11) is 1.75. The van der Waals surface area contributed by atoms with Gasteiger partial charge in [0.2, 0.25) is 5.91 Å². The molecule has 5 heteroatoms. The second-order valence-electron chi connectivity index (χ2n) is 6.46. The molecule has 1 aromatic carbocycles. The molecule has 2 unspecified atom stereocenters. The van der Waals surface area contributed by atoms with Crippen LogP contribution < -0.4 is 10.6 Å². The number of rotatable bonds is 5. The lowest BCUT2D eigenvalue weighted by Gasteiger charge is -2.33. The van der Waals surface area contributed by atoms with Gasteiger partial charge in [-0.05, 0) is 38.7 Å². The van der Waals surface area contributed by atoms with E-state index in [0.717, 1.165) is 25.3 Å². The van der Waals surface area contributed by atoms with Crippen LogP contribution in [0, 0.1) is 0 Å². The highest BCUT2D eigenvalue weighted by Crippen LogP contribution is 2.17. The third-order valence-electron chi connectivity index (χ3n) is 4.63. The fourth-order valence-electron chi connectivity index (χ4n) is 3.12. The molecule has 1 heterocycles. The molecule has 1 saturated heterocycles. The van der Waals surface area contributed by atoms with Gasteiger partial charge in [-0.25, -0.2) is 0 Å². The topological polar surface area (TPSA) is 56.7 Å². The van der Waals surface area contributed by atoms with Gasteiger partial charge in [0.05, 0.1) is 6.04 Å². The Morgan fingerprint density at radius 3 is 2.75 bits per heavy atom. The Balaban J connectivity index is 1.76. The van der Waals surface area contributed by atoms with Gasteiger partial charge in [0.25, 0.3) is 0 Å². The third-order valence-corrected chi connectivity index (χ3v) is 4.63. The molecule has 1 fully saturated rings. The Hall–Kier alpha value is -2.04. The molecule has 24 heavy (non-hydrogen) atoms. The Morgan fingerprint density at radius 1 is 1.33 bits per heavy atom. The number of nitrogens with one attached hydrogen (secondary N) is 2. The summed E-state index contributed by atoms with van der Waals surface area (Å²) in [5.41, 5.74) is 1.21. The predicted molar refractivity (Wildman–Crippen MR) is 99.0 cm³/mol. The molecule has 1 aromatic rings. The van der Waals surface area contributed by atoms with E-state index in [1.54, 1.807) is 7.05 Å². The van der Waals surface area contributed by atoms with Gasteiger partial charge in [0.15, 0.2) is 5.96 Å². The molecule has 1 aliphatic heterocycles. The molecular formula is C19H30N4O. The minimum absolute atomic E-state index is 0.162. The average molecular weight is 330 g/mol. The summed E-state index contributed by atoms with van der Waals surface area (Å²) >= 11 is 0. The van der Waals surface area contributed by atoms with Crippen LogP contribution in [0.4, 0.5) is 0 Å². The molecule has 0 spiro atoms. The summed E-state index contributed by atoms with van der Waals surface area (Å²) in [6.45, 7) is 5.75. The number of piperidine rings is 1. The zero-order valence-corrected chi connectivity index (χ0v) is 15.1. The molecule has 0 radical (unpaired) electrons. The van der Waals surface area contributed by atoms with E-state index in [9.17, 15) is 4.79 Å². The fourth-order valence-corrected chi connectivity index (χ4v) is 3.12. The number of hydrogen-bond donors (Lipinski definition) is 2. The van der Waals surface area contributed by atoms with E-state index in [-0.39, 0.29) is 11.9 Å². The number of benzene rings is 1. The first-order valence-corrected chi connectivity index (χ1v) is 8.93. The number of hydrogen-bond acceptors (Lipinski definition) is 2. The van der Waals surface area contributed by atoms with Gasteiger partial charge in [-0.15, -0.1) is 0 Å². The fraction of sp³-hybridized carbons (Fsp3) is 0.579. The van der Waals surface area contributed by atoms with Crippen molar-refractivity contribution in [3.05, 3.63) is 35.9 Å². The zero-order valence-electron chi connectivity index (χ0n) is 15.1. The lowest BCUT2D eigenvalue weighted by Crippen LogP contribution is -2.44. The predicted octanol–water partition coefficient (Wildman–Crippen LogP) is 2.70. The molecule has 1 amide bonds. The van der Waals surface area contributed by atoms with E-state index in [1.807, 2.05) is 23.1 Å². The first-order chi connectivity index (χ1) is 11.6. The number of nitrogens with zero attached hydrogens (tertiary/aromatic N) is 2. The minimum Gasteiger partial charge on any atom is -0.356 e. The first kappa shape index (κ1) is 18.3. The maximum Gasteiger partial charge on any atom is 0.224 e. The smallest absolute Gasteiger partial charge is 0.224 e. The summed E-state index contributed by atoms with van der Waals surface area (Å²) in [4.78, 5) is 18.6. The van der Waals surface area contributed by atoms with Gasteiger partial charge in [0, 0.05) is 32.6 Å². The van der Waals surface area contributed by atoms with Crippen LogP contribution in [0.3, 0.4) is 0 Å². The average Bonchev–Trinajstić information content (AvgIpc) is 2.61. The lowest BCUT2D eigenvalue weighted by atomic mass is 10.0. The van der Waals surface area contributed by atoms with Crippen LogP contribution in [0.5, 0.6) is 0 Å². The van der Waals surface area contributed by atoms with Crippen LogP contribution in [-0.4, -0.2) is 42.9 Å². The minimum atomic E-state index is 0.162. The van der Waals surface area contributed by atoms with E-state index in [4.69, 9.17) is 0 Å². The molecule has 0 bridgehead atoms. The van der Waals surface area contributed by atoms with E-state index in [0.29, 0.717) is 19.0 Å². The van der Waals surface area contributed by atoms with Crippen LogP contribution in [0.2, 0.25) is 0 Å². The van der Waals surface area contributed by atoms with Gasteiger partial charge in [-0.3, -0.25) is 9.79 Å². The number of amides is 1. The van der Waals surface area contributed by atoms with Crippen molar-refractivity contribution < 1.29 is 4.79 Å². The van der Waals surface area contributed by atoms with Gasteiger partial charge in [-0.2, -0.15) is 0 Å². The zero-order chi connectivity index (χ0) is 17.4. The molecule has 2 rings (SSSR count). The number of carbonyl (C=O) groups excluding carboxylic acids is 1. The van der Waals surface area contributed by atoms with Crippen molar-refractivity contribution in [1.82, 2.24) is 15.5 Å². The monoisotopic (exact) mass is 330 g/mol. The van der Waals surface area contributed by atoms with Crippen molar-refractivity contribution in [2.75, 3.05) is 20.1 Å². The van der Waals surface area contributed by atoms with Crippen LogP contribution in [0.25, 0.3) is 0 Å². The SMILES string of the molecule is CN=C(NCCC(=O)N1CCCCC1C)NC(C)c1ccccc1. The van der Waals surface area contributed by atoms with Crippen molar-refractivity contribution in [2.24, 2.45) is 4.99 Å². The Kier molecular flexibility index (Phi) is 7.09. The van der Waals surface area contributed by atoms with E-state index < -0.39 is 0 Å². The highest BCUT2D eigenvalue weighted by Gasteiger charge is 2.22. The van der Waals surface area contributed by atoms with Crippen molar-refractivity contribution in [3.8, 4) is 0 Å². The standard InChI is InChI=1S/C19H30N4O/c1-15-9-7-8-14-23(15)18(24)12-13-21-19(20-3)22-16(2)17-10-5-4-6-11-17/h4-6,10-11,15-16H,7-9,12-14H2,1-3H3,(H2,20,21,22). The quantitative estimate of drug-likeness (QED) is 0.645. The molecule has 2 N–H and O–H groups in total. The summed E-state index contributed by atoms with van der Waals surface area (Å²) in [6.07, 6.45) is 3.99. The van der Waals surface area contributed by atoms with Crippen molar-refractivity contribution in [2.45, 2.75) is 51.6 Å². The summed E-state index contributed by atoms with van der Waals surface area (Å²) in [5, 5.41) is 6.61. The van der Waals surface area contributed by atoms with Gasteiger partial charge >= 0.3 is 0 Å². The summed E-state index contributed by atoms with van der Waals surface area (Å²) < 4.78 is 0. The first-order valence-electron chi connectivity index (χ1n) is 8.93. The number of carbonyl (C=O) groups is 1. The normalized spacial score (nSPS) is 19.7. The number of likely N-dealkylation sites (tertiary alicyclic amines) is 1. The van der Waals surface area contributed by atoms with E-state index in [1.165, 1.54) is 12.0 Å². The second-order valence-corrected chi connectivity index (χ2v) is 6.46. The number of guanidine groups is 1. The highest BCUT2D eigenvalue weighted by molar-refractivity contribution is 5.81. The Morgan fingerprint density at radius 2 is 2.08 bits per heavy atom. The maximum absolute atomic E-state index is 12.3. The van der Waals surface area contributed by atoms with Crippen molar-refractivity contribution in [3.63, 3.8) is 0 Å². The van der Waals surface area contributed by atoms with Crippen molar-refractivity contribution >= 4 is 11.9 Å². The van der Waals surface area contributed by atoms with Crippen LogP contribution >= 0.6 is 0 Å². The Labute approximate surface area is 145 Å². The van der Waals surface area contributed by atoms with Gasteiger partial charge < -0.3 is 15.5 Å².